The van der Waals surface area contributed by atoms with Crippen LogP contribution in [-0.4, -0.2) is 26.6 Å². The van der Waals surface area contributed by atoms with Crippen LogP contribution in [0.3, 0.4) is 0 Å². The van der Waals surface area contributed by atoms with Gasteiger partial charge in [-0.3, -0.25) is 0 Å². The van der Waals surface area contributed by atoms with Gasteiger partial charge in [0.15, 0.2) is 0 Å². The van der Waals surface area contributed by atoms with E-state index >= 15 is 0 Å². The number of halogens is 1. The Balaban J connectivity index is 1.71. The van der Waals surface area contributed by atoms with Gasteiger partial charge >= 0.3 is 0 Å². The van der Waals surface area contributed by atoms with E-state index < -0.39 is 10.0 Å². The van der Waals surface area contributed by atoms with Crippen LogP contribution in [0.15, 0.2) is 29.2 Å². The zero-order chi connectivity index (χ0) is 18.2. The summed E-state index contributed by atoms with van der Waals surface area (Å²) in [5.74, 6) is 0.281. The highest BCUT2D eigenvalue weighted by molar-refractivity contribution is 7.89. The molecule has 1 aliphatic carbocycles. The second kappa shape index (κ2) is 7.02. The third-order valence-electron chi connectivity index (χ3n) is 4.60. The molecule has 1 N–H and O–H groups in total. The Morgan fingerprint density at radius 2 is 2.00 bits per heavy atom. The number of sulfonamides is 1. The summed E-state index contributed by atoms with van der Waals surface area (Å²) in [6, 6.07) is 7.34. The molecule has 25 heavy (non-hydrogen) atoms. The number of methoxy groups -OCH3 is 1. The van der Waals surface area contributed by atoms with E-state index in [0.717, 1.165) is 0 Å². The van der Waals surface area contributed by atoms with Crippen molar-refractivity contribution in [2.45, 2.75) is 44.0 Å². The lowest BCUT2D eigenvalue weighted by atomic mass is 10.2. The van der Waals surface area contributed by atoms with Crippen molar-refractivity contribution in [3.8, 4) is 5.75 Å². The molecular formula is C18H23ClN2O3S. The molecule has 1 fully saturated rings. The van der Waals surface area contributed by atoms with Crippen molar-refractivity contribution < 1.29 is 13.2 Å². The molecule has 3 rings (SSSR count). The Morgan fingerprint density at radius 3 is 2.64 bits per heavy atom. The predicted octanol–water partition coefficient (Wildman–Crippen LogP) is 3.62. The lowest BCUT2D eigenvalue weighted by Gasteiger charge is -2.11. The number of nitrogens with zero attached hydrogens (tertiary/aromatic N) is 1. The van der Waals surface area contributed by atoms with Crippen LogP contribution in [0.4, 0.5) is 0 Å². The first-order valence-corrected chi connectivity index (χ1v) is 10.2. The van der Waals surface area contributed by atoms with Crippen molar-refractivity contribution in [1.29, 1.82) is 0 Å². The number of aromatic nitrogens is 1. The normalized spacial score (nSPS) is 14.7. The van der Waals surface area contributed by atoms with Crippen LogP contribution in [0, 0.1) is 13.8 Å². The summed E-state index contributed by atoms with van der Waals surface area (Å²) in [5, 5.41) is 0.356. The molecule has 0 unspecified atom stereocenters. The Hall–Kier alpha value is -1.50. The second-order valence-electron chi connectivity index (χ2n) is 6.44. The van der Waals surface area contributed by atoms with E-state index in [1.165, 1.54) is 43.0 Å². The smallest absolute Gasteiger partial charge is 0.244 e. The predicted molar refractivity (Wildman–Crippen MR) is 99.1 cm³/mol. The van der Waals surface area contributed by atoms with E-state index in [2.05, 4.69) is 29.2 Å². The third-order valence-corrected chi connectivity index (χ3v) is 6.32. The number of nitrogens with one attached hydrogen (secondary N) is 1. The lowest BCUT2D eigenvalue weighted by molar-refractivity contribution is 0.402. The van der Waals surface area contributed by atoms with Crippen molar-refractivity contribution in [3.05, 3.63) is 46.2 Å². The van der Waals surface area contributed by atoms with E-state index in [0.29, 0.717) is 24.0 Å². The summed E-state index contributed by atoms with van der Waals surface area (Å²) < 4.78 is 35.3. The van der Waals surface area contributed by atoms with Crippen molar-refractivity contribution in [3.63, 3.8) is 0 Å². The molecule has 7 heteroatoms. The fraction of sp³-hybridized carbons (Fsp3) is 0.444. The fourth-order valence-corrected chi connectivity index (χ4v) is 4.71. The minimum Gasteiger partial charge on any atom is -0.495 e. The van der Waals surface area contributed by atoms with E-state index in [-0.39, 0.29) is 10.6 Å². The average molecular weight is 383 g/mol. The van der Waals surface area contributed by atoms with Crippen LogP contribution in [0.5, 0.6) is 5.75 Å². The van der Waals surface area contributed by atoms with Crippen LogP contribution in [0.2, 0.25) is 5.02 Å². The Kier molecular flexibility index (Phi) is 5.14. The highest BCUT2D eigenvalue weighted by Gasteiger charge is 2.27. The molecule has 0 saturated heterocycles. The second-order valence-corrected chi connectivity index (χ2v) is 8.61. The number of benzene rings is 1. The number of ether oxygens (including phenoxy) is 1. The zero-order valence-corrected chi connectivity index (χ0v) is 16.2. The highest BCUT2D eigenvalue weighted by Crippen LogP contribution is 2.38. The summed E-state index contributed by atoms with van der Waals surface area (Å²) in [6.07, 6.45) is 3.11. The quantitative estimate of drug-likeness (QED) is 0.795. The van der Waals surface area contributed by atoms with Gasteiger partial charge in [-0.1, -0.05) is 11.6 Å². The van der Waals surface area contributed by atoms with Gasteiger partial charge in [0.05, 0.1) is 7.11 Å². The van der Waals surface area contributed by atoms with Crippen LogP contribution in [-0.2, 0) is 16.4 Å². The zero-order valence-electron chi connectivity index (χ0n) is 14.7. The van der Waals surface area contributed by atoms with E-state index in [1.54, 1.807) is 12.1 Å². The van der Waals surface area contributed by atoms with Gasteiger partial charge in [-0.2, -0.15) is 0 Å². The average Bonchev–Trinajstić information content (AvgIpc) is 3.34. The van der Waals surface area contributed by atoms with Gasteiger partial charge in [0.2, 0.25) is 10.0 Å². The monoisotopic (exact) mass is 382 g/mol. The molecular weight excluding hydrogens is 360 g/mol. The van der Waals surface area contributed by atoms with Gasteiger partial charge in [0, 0.05) is 29.0 Å². The van der Waals surface area contributed by atoms with Crippen LogP contribution in [0.1, 0.15) is 35.8 Å². The Labute approximate surface area is 154 Å². The largest absolute Gasteiger partial charge is 0.495 e. The van der Waals surface area contributed by atoms with Crippen molar-refractivity contribution in [1.82, 2.24) is 9.29 Å². The number of rotatable bonds is 7. The maximum atomic E-state index is 12.6. The molecule has 1 aromatic carbocycles. The summed E-state index contributed by atoms with van der Waals surface area (Å²) >= 11 is 5.94. The first-order chi connectivity index (χ1) is 11.8. The number of hydrogen-bond acceptors (Lipinski definition) is 3. The molecule has 1 aromatic heterocycles. The minimum atomic E-state index is -3.68. The molecule has 0 spiro atoms. The summed E-state index contributed by atoms with van der Waals surface area (Å²) in [5.41, 5.74) is 3.67. The molecule has 136 valence electrons. The minimum absolute atomic E-state index is 0.0611. The van der Waals surface area contributed by atoms with Gasteiger partial charge in [0.1, 0.15) is 10.6 Å². The molecule has 0 bridgehead atoms. The van der Waals surface area contributed by atoms with Gasteiger partial charge in [-0.15, -0.1) is 0 Å². The van der Waals surface area contributed by atoms with Crippen LogP contribution < -0.4 is 9.46 Å². The van der Waals surface area contributed by atoms with E-state index in [4.69, 9.17) is 16.3 Å². The maximum Gasteiger partial charge on any atom is 0.244 e. The van der Waals surface area contributed by atoms with Crippen molar-refractivity contribution in [2.24, 2.45) is 0 Å². The molecule has 0 radical (unpaired) electrons. The first kappa shape index (κ1) is 18.3. The van der Waals surface area contributed by atoms with Gasteiger partial charge in [0.25, 0.3) is 0 Å². The molecule has 0 atom stereocenters. The molecule has 0 amide bonds. The molecule has 5 nitrogen and oxygen atoms in total. The third kappa shape index (κ3) is 3.86. The summed E-state index contributed by atoms with van der Waals surface area (Å²) in [4.78, 5) is 0.0611. The van der Waals surface area contributed by atoms with Gasteiger partial charge in [-0.05, 0) is 62.9 Å². The summed E-state index contributed by atoms with van der Waals surface area (Å²) in [6.45, 7) is 4.54. The fourth-order valence-electron chi connectivity index (χ4n) is 3.25. The van der Waals surface area contributed by atoms with Crippen molar-refractivity contribution >= 4 is 21.6 Å². The molecule has 1 aliphatic rings. The number of aryl methyl sites for hydroxylation is 1. The number of hydrogen-bond donors (Lipinski definition) is 1. The van der Waals surface area contributed by atoms with Gasteiger partial charge in [-0.25, -0.2) is 13.1 Å². The van der Waals surface area contributed by atoms with Crippen molar-refractivity contribution in [2.75, 3.05) is 13.7 Å². The molecule has 1 heterocycles. The first-order valence-electron chi connectivity index (χ1n) is 8.34. The topological polar surface area (TPSA) is 60.3 Å². The Bertz CT molecular complexity index is 886. The van der Waals surface area contributed by atoms with Crippen LogP contribution in [0.25, 0.3) is 0 Å². The molecule has 1 saturated carbocycles. The maximum absolute atomic E-state index is 12.6. The summed E-state index contributed by atoms with van der Waals surface area (Å²) in [7, 11) is -2.24. The molecule has 0 aliphatic heterocycles. The van der Waals surface area contributed by atoms with E-state index in [1.807, 2.05) is 0 Å². The van der Waals surface area contributed by atoms with E-state index in [9.17, 15) is 8.42 Å². The Morgan fingerprint density at radius 1 is 1.28 bits per heavy atom. The highest BCUT2D eigenvalue weighted by atomic mass is 35.5. The molecule has 2 aromatic rings. The SMILES string of the molecule is COc1ccc(Cl)cc1S(=O)(=O)NCCc1cc(C)n(C2CC2)c1C. The standard InChI is InChI=1S/C18H23ClN2O3S/c1-12-10-14(13(2)21(12)16-5-6-16)8-9-20-25(22,23)18-11-15(19)4-7-17(18)24-3/h4,7,10-11,16,20H,5-6,8-9H2,1-3H3. The van der Waals surface area contributed by atoms with Crippen LogP contribution >= 0.6 is 11.6 Å². The van der Waals surface area contributed by atoms with Gasteiger partial charge < -0.3 is 9.30 Å². The lowest BCUT2D eigenvalue weighted by Crippen LogP contribution is -2.26.